The van der Waals surface area contributed by atoms with E-state index in [1.54, 1.807) is 6.20 Å². The molecule has 2 N–H and O–H groups in total. The van der Waals surface area contributed by atoms with Gasteiger partial charge < -0.3 is 10.3 Å². The summed E-state index contributed by atoms with van der Waals surface area (Å²) in [5.74, 6) is 0.912. The molecular formula is C6H10ClN3. The minimum absolute atomic E-state index is 0.594. The predicted molar refractivity (Wildman–Crippen MR) is 41.0 cm³/mol. The second-order valence-electron chi connectivity index (χ2n) is 2.07. The lowest BCUT2D eigenvalue weighted by Crippen LogP contribution is -2.10. The lowest BCUT2D eigenvalue weighted by Gasteiger charge is -2.02. The summed E-state index contributed by atoms with van der Waals surface area (Å²) < 4.78 is 1.88. The number of nitrogens with two attached hydrogens (primary N) is 1. The summed E-state index contributed by atoms with van der Waals surface area (Å²) >= 11 is 5.77. The monoisotopic (exact) mass is 159 g/mol. The molecule has 0 aliphatic carbocycles. The van der Waals surface area contributed by atoms with E-state index in [4.69, 9.17) is 17.3 Å². The number of hydrogen-bond donors (Lipinski definition) is 1. The zero-order valence-electron chi connectivity index (χ0n) is 5.84. The van der Waals surface area contributed by atoms with Gasteiger partial charge in [0.1, 0.15) is 11.0 Å². The highest BCUT2D eigenvalue weighted by Crippen LogP contribution is 2.09. The van der Waals surface area contributed by atoms with Gasteiger partial charge in [0.15, 0.2) is 0 Å². The van der Waals surface area contributed by atoms with E-state index < -0.39 is 0 Å². The molecule has 0 bridgehead atoms. The summed E-state index contributed by atoms with van der Waals surface area (Å²) in [5, 5.41) is 0.656. The molecule has 0 radical (unpaired) electrons. The minimum Gasteiger partial charge on any atom is -0.329 e. The van der Waals surface area contributed by atoms with Crippen molar-refractivity contribution in [3.63, 3.8) is 0 Å². The van der Waals surface area contributed by atoms with E-state index in [9.17, 15) is 0 Å². The summed E-state index contributed by atoms with van der Waals surface area (Å²) in [6.07, 6.45) is 1.63. The van der Waals surface area contributed by atoms with Crippen molar-refractivity contribution in [3.8, 4) is 0 Å². The van der Waals surface area contributed by atoms with Gasteiger partial charge in [0, 0.05) is 13.1 Å². The van der Waals surface area contributed by atoms with Crippen molar-refractivity contribution in [2.24, 2.45) is 5.73 Å². The fourth-order valence-electron chi connectivity index (χ4n) is 0.838. The summed E-state index contributed by atoms with van der Waals surface area (Å²) in [6, 6.07) is 0. The molecule has 0 amide bonds. The summed E-state index contributed by atoms with van der Waals surface area (Å²) in [7, 11) is 0. The third kappa shape index (κ3) is 1.30. The Morgan fingerprint density at radius 3 is 2.90 bits per heavy atom. The molecule has 56 valence electrons. The fourth-order valence-corrected chi connectivity index (χ4v) is 1.09. The Kier molecular flexibility index (Phi) is 2.29. The molecular weight excluding hydrogens is 150 g/mol. The Morgan fingerprint density at radius 2 is 2.50 bits per heavy atom. The first-order valence-electron chi connectivity index (χ1n) is 3.13. The van der Waals surface area contributed by atoms with Crippen molar-refractivity contribution in [1.82, 2.24) is 9.55 Å². The van der Waals surface area contributed by atoms with Crippen LogP contribution in [0.4, 0.5) is 0 Å². The number of nitrogens with zero attached hydrogens (tertiary/aromatic N) is 2. The van der Waals surface area contributed by atoms with E-state index in [0.29, 0.717) is 11.7 Å². The molecule has 1 rings (SSSR count). The molecule has 0 fully saturated rings. The molecule has 0 aliphatic rings. The first-order valence-corrected chi connectivity index (χ1v) is 3.51. The van der Waals surface area contributed by atoms with Crippen LogP contribution in [0.3, 0.4) is 0 Å². The van der Waals surface area contributed by atoms with Gasteiger partial charge in [-0.25, -0.2) is 4.98 Å². The van der Waals surface area contributed by atoms with Crippen LogP contribution >= 0.6 is 11.6 Å². The van der Waals surface area contributed by atoms with Crippen LogP contribution in [-0.4, -0.2) is 16.1 Å². The second-order valence-corrected chi connectivity index (χ2v) is 2.46. The molecule has 10 heavy (non-hydrogen) atoms. The molecule has 0 aliphatic heterocycles. The van der Waals surface area contributed by atoms with Crippen LogP contribution in [0.2, 0.25) is 5.15 Å². The van der Waals surface area contributed by atoms with Gasteiger partial charge >= 0.3 is 0 Å². The van der Waals surface area contributed by atoms with Gasteiger partial charge in [-0.3, -0.25) is 0 Å². The number of imidazole rings is 1. The van der Waals surface area contributed by atoms with Crippen LogP contribution in [-0.2, 0) is 6.54 Å². The largest absolute Gasteiger partial charge is 0.329 e. The lowest BCUT2D eigenvalue weighted by molar-refractivity contribution is 0.685. The molecule has 1 aromatic rings. The zero-order valence-corrected chi connectivity index (χ0v) is 6.60. The lowest BCUT2D eigenvalue weighted by atomic mass is 10.6. The van der Waals surface area contributed by atoms with Crippen LogP contribution in [0.5, 0.6) is 0 Å². The van der Waals surface area contributed by atoms with Gasteiger partial charge in [0.25, 0.3) is 0 Å². The van der Waals surface area contributed by atoms with Crippen LogP contribution in [0.15, 0.2) is 6.20 Å². The van der Waals surface area contributed by atoms with Crippen molar-refractivity contribution in [2.75, 3.05) is 6.54 Å². The molecule has 4 heteroatoms. The van der Waals surface area contributed by atoms with E-state index in [1.807, 2.05) is 11.5 Å². The van der Waals surface area contributed by atoms with Crippen LogP contribution in [0.25, 0.3) is 0 Å². The minimum atomic E-state index is 0.594. The average molecular weight is 160 g/mol. The molecule has 1 heterocycles. The maximum absolute atomic E-state index is 5.77. The van der Waals surface area contributed by atoms with Crippen LogP contribution in [0.1, 0.15) is 5.82 Å². The Balaban J connectivity index is 2.87. The summed E-state index contributed by atoms with van der Waals surface area (Å²) in [5.41, 5.74) is 5.35. The normalized spacial score (nSPS) is 10.3. The van der Waals surface area contributed by atoms with Gasteiger partial charge in [-0.1, -0.05) is 11.6 Å². The maximum Gasteiger partial charge on any atom is 0.128 e. The second kappa shape index (κ2) is 3.03. The third-order valence-electron chi connectivity index (χ3n) is 1.36. The van der Waals surface area contributed by atoms with E-state index in [2.05, 4.69) is 4.98 Å². The van der Waals surface area contributed by atoms with Gasteiger partial charge in [0.05, 0.1) is 6.20 Å². The molecule has 1 aromatic heterocycles. The number of aryl methyl sites for hydroxylation is 1. The predicted octanol–water partition coefficient (Wildman–Crippen LogP) is 0.804. The maximum atomic E-state index is 5.77. The van der Waals surface area contributed by atoms with E-state index in [-0.39, 0.29) is 0 Å². The summed E-state index contributed by atoms with van der Waals surface area (Å²) in [4.78, 5) is 4.01. The molecule has 3 nitrogen and oxygen atoms in total. The Bertz CT molecular complexity index is 199. The Labute approximate surface area is 64.8 Å². The standard InChI is InChI=1S/C6H10ClN3/c1-5-9-4-6(7)10(5)3-2-8/h4H,2-3,8H2,1H3. The molecule has 0 saturated carbocycles. The molecule has 0 unspecified atom stereocenters. The zero-order chi connectivity index (χ0) is 7.56. The van der Waals surface area contributed by atoms with Crippen molar-refractivity contribution < 1.29 is 0 Å². The van der Waals surface area contributed by atoms with Crippen LogP contribution in [0, 0.1) is 6.92 Å². The van der Waals surface area contributed by atoms with E-state index >= 15 is 0 Å². The molecule has 0 spiro atoms. The Morgan fingerprint density at radius 1 is 1.80 bits per heavy atom. The molecule has 0 saturated heterocycles. The molecule has 0 atom stereocenters. The number of rotatable bonds is 2. The SMILES string of the molecule is Cc1ncc(Cl)n1CCN. The van der Waals surface area contributed by atoms with Gasteiger partial charge in [-0.05, 0) is 6.92 Å². The highest BCUT2D eigenvalue weighted by molar-refractivity contribution is 6.29. The van der Waals surface area contributed by atoms with Crippen molar-refractivity contribution in [3.05, 3.63) is 17.2 Å². The van der Waals surface area contributed by atoms with Gasteiger partial charge in [-0.15, -0.1) is 0 Å². The van der Waals surface area contributed by atoms with Crippen LogP contribution < -0.4 is 5.73 Å². The Hall–Kier alpha value is -0.540. The van der Waals surface area contributed by atoms with E-state index in [0.717, 1.165) is 12.4 Å². The average Bonchev–Trinajstić information content (AvgIpc) is 2.20. The van der Waals surface area contributed by atoms with Gasteiger partial charge in [-0.2, -0.15) is 0 Å². The first-order chi connectivity index (χ1) is 4.75. The fraction of sp³-hybridized carbons (Fsp3) is 0.500. The molecule has 0 aromatic carbocycles. The van der Waals surface area contributed by atoms with Crippen molar-refractivity contribution in [1.29, 1.82) is 0 Å². The van der Waals surface area contributed by atoms with Crippen molar-refractivity contribution >= 4 is 11.6 Å². The summed E-state index contributed by atoms with van der Waals surface area (Å²) in [6.45, 7) is 3.24. The quantitative estimate of drug-likeness (QED) is 0.694. The number of halogens is 1. The smallest absolute Gasteiger partial charge is 0.128 e. The number of aromatic nitrogens is 2. The highest BCUT2D eigenvalue weighted by atomic mass is 35.5. The highest BCUT2D eigenvalue weighted by Gasteiger charge is 2.00. The topological polar surface area (TPSA) is 43.8 Å². The third-order valence-corrected chi connectivity index (χ3v) is 1.66. The van der Waals surface area contributed by atoms with Crippen molar-refractivity contribution in [2.45, 2.75) is 13.5 Å². The first kappa shape index (κ1) is 7.57. The van der Waals surface area contributed by atoms with Gasteiger partial charge in [0.2, 0.25) is 0 Å². The van der Waals surface area contributed by atoms with E-state index in [1.165, 1.54) is 0 Å². The number of hydrogen-bond acceptors (Lipinski definition) is 2.